The number of carbonyl (C=O) groups is 1. The average molecular weight is 347 g/mol. The van der Waals surface area contributed by atoms with E-state index in [0.29, 0.717) is 34.0 Å². The third kappa shape index (κ3) is 7.04. The number of thiocarbonyl (C=S) groups is 1. The van der Waals surface area contributed by atoms with Gasteiger partial charge in [0.15, 0.2) is 5.11 Å². The molecule has 0 spiro atoms. The van der Waals surface area contributed by atoms with Gasteiger partial charge in [0.1, 0.15) is 6.04 Å². The predicted molar refractivity (Wildman–Crippen MR) is 90.4 cm³/mol. The van der Waals surface area contributed by atoms with Gasteiger partial charge in [0.05, 0.1) is 0 Å². The van der Waals surface area contributed by atoms with Gasteiger partial charge in [0.2, 0.25) is 5.91 Å². The van der Waals surface area contributed by atoms with E-state index in [1.165, 1.54) is 0 Å². The Morgan fingerprint density at radius 1 is 1.32 bits per heavy atom. The lowest BCUT2D eigenvalue weighted by Crippen LogP contribution is -2.46. The molecule has 1 amide bonds. The molecule has 122 valence electrons. The molecule has 0 fully saturated rings. The Balaban J connectivity index is 2.46. The Labute approximate surface area is 138 Å². The summed E-state index contributed by atoms with van der Waals surface area (Å²) in [7, 11) is 0. The molecule has 4 nitrogen and oxygen atoms in total. The van der Waals surface area contributed by atoms with Crippen LogP contribution >= 0.6 is 24.0 Å². The van der Waals surface area contributed by atoms with E-state index in [-0.39, 0.29) is 5.91 Å². The number of hydrogen-bond donors (Lipinski definition) is 3. The number of rotatable bonds is 7. The van der Waals surface area contributed by atoms with Crippen molar-refractivity contribution in [1.29, 1.82) is 0 Å². The van der Waals surface area contributed by atoms with Crippen LogP contribution in [-0.4, -0.2) is 29.4 Å². The van der Waals surface area contributed by atoms with E-state index in [4.69, 9.17) is 12.2 Å². The molecule has 0 radical (unpaired) electrons. The first kappa shape index (κ1) is 18.6. The standard InChI is InChI=1S/C14H19F2N3OS2/c1-3-8-17-12(20)9(2)18-14(21)19-10-4-6-11(7-5-10)22-13(15)16/h4-7,9,13H,3,8H2,1-2H3,(H,17,20)(H2,18,19,21)/t9-/m0/s1. The van der Waals surface area contributed by atoms with Crippen LogP contribution in [0.15, 0.2) is 29.2 Å². The highest BCUT2D eigenvalue weighted by Gasteiger charge is 2.13. The van der Waals surface area contributed by atoms with Crippen molar-refractivity contribution in [2.24, 2.45) is 0 Å². The molecule has 0 aliphatic rings. The first-order valence-electron chi connectivity index (χ1n) is 6.82. The second kappa shape index (κ2) is 9.58. The van der Waals surface area contributed by atoms with Crippen molar-refractivity contribution >= 4 is 40.7 Å². The SMILES string of the molecule is CCCNC(=O)[C@H](C)NC(=S)Nc1ccc(SC(F)F)cc1. The number of alkyl halides is 2. The Bertz CT molecular complexity index is 497. The lowest BCUT2D eigenvalue weighted by Gasteiger charge is -2.16. The zero-order valence-electron chi connectivity index (χ0n) is 12.4. The minimum Gasteiger partial charge on any atom is -0.354 e. The summed E-state index contributed by atoms with van der Waals surface area (Å²) in [5, 5.41) is 8.84. The summed E-state index contributed by atoms with van der Waals surface area (Å²) in [6.07, 6.45) is 0.865. The molecule has 22 heavy (non-hydrogen) atoms. The fourth-order valence-electron chi connectivity index (χ4n) is 1.55. The molecule has 0 bridgehead atoms. The summed E-state index contributed by atoms with van der Waals surface area (Å²) in [6, 6.07) is 6.01. The third-order valence-electron chi connectivity index (χ3n) is 2.63. The molecule has 1 aromatic carbocycles. The topological polar surface area (TPSA) is 53.2 Å². The van der Waals surface area contributed by atoms with Crippen molar-refractivity contribution in [3.05, 3.63) is 24.3 Å². The lowest BCUT2D eigenvalue weighted by atomic mass is 10.3. The number of anilines is 1. The number of halogens is 2. The fraction of sp³-hybridized carbons (Fsp3) is 0.429. The minimum absolute atomic E-state index is 0.130. The second-order valence-electron chi connectivity index (χ2n) is 4.51. The average Bonchev–Trinajstić information content (AvgIpc) is 2.46. The monoisotopic (exact) mass is 347 g/mol. The van der Waals surface area contributed by atoms with Crippen LogP contribution in [0.5, 0.6) is 0 Å². The van der Waals surface area contributed by atoms with Crippen LogP contribution in [0.25, 0.3) is 0 Å². The van der Waals surface area contributed by atoms with Crippen molar-refractivity contribution < 1.29 is 13.6 Å². The number of carbonyl (C=O) groups excluding carboxylic acids is 1. The van der Waals surface area contributed by atoms with Crippen molar-refractivity contribution in [1.82, 2.24) is 10.6 Å². The van der Waals surface area contributed by atoms with E-state index in [1.807, 2.05) is 6.92 Å². The minimum atomic E-state index is -2.44. The first-order valence-corrected chi connectivity index (χ1v) is 8.11. The van der Waals surface area contributed by atoms with Gasteiger partial charge in [-0.05, 0) is 49.8 Å². The maximum atomic E-state index is 12.2. The van der Waals surface area contributed by atoms with Crippen LogP contribution in [-0.2, 0) is 4.79 Å². The number of amides is 1. The Kier molecular flexibility index (Phi) is 8.11. The molecule has 0 saturated carbocycles. The van der Waals surface area contributed by atoms with Gasteiger partial charge in [0.25, 0.3) is 5.76 Å². The predicted octanol–water partition coefficient (Wildman–Crippen LogP) is 3.20. The van der Waals surface area contributed by atoms with E-state index in [9.17, 15) is 13.6 Å². The molecule has 0 saturated heterocycles. The van der Waals surface area contributed by atoms with E-state index < -0.39 is 11.8 Å². The van der Waals surface area contributed by atoms with Crippen LogP contribution < -0.4 is 16.0 Å². The van der Waals surface area contributed by atoms with Crippen LogP contribution in [0.4, 0.5) is 14.5 Å². The normalized spacial score (nSPS) is 11.9. The molecule has 0 aliphatic carbocycles. The van der Waals surface area contributed by atoms with E-state index >= 15 is 0 Å². The number of hydrogen-bond acceptors (Lipinski definition) is 3. The second-order valence-corrected chi connectivity index (χ2v) is 5.99. The van der Waals surface area contributed by atoms with E-state index in [1.54, 1.807) is 31.2 Å². The summed E-state index contributed by atoms with van der Waals surface area (Å²) in [4.78, 5) is 12.2. The molecule has 8 heteroatoms. The molecular weight excluding hydrogens is 328 g/mol. The molecule has 1 atom stereocenters. The van der Waals surface area contributed by atoms with Gasteiger partial charge < -0.3 is 16.0 Å². The zero-order chi connectivity index (χ0) is 16.5. The van der Waals surface area contributed by atoms with Crippen molar-refractivity contribution in [3.8, 4) is 0 Å². The fourth-order valence-corrected chi connectivity index (χ4v) is 2.34. The van der Waals surface area contributed by atoms with Gasteiger partial charge in [-0.25, -0.2) is 0 Å². The molecule has 0 aromatic heterocycles. The molecular formula is C14H19F2N3OS2. The largest absolute Gasteiger partial charge is 0.354 e. The van der Waals surface area contributed by atoms with Crippen LogP contribution in [0.3, 0.4) is 0 Å². The van der Waals surface area contributed by atoms with E-state index in [0.717, 1.165) is 6.42 Å². The lowest BCUT2D eigenvalue weighted by molar-refractivity contribution is -0.122. The summed E-state index contributed by atoms with van der Waals surface area (Å²) >= 11 is 5.61. The van der Waals surface area contributed by atoms with Gasteiger partial charge in [-0.2, -0.15) is 8.78 Å². The molecule has 0 aliphatic heterocycles. The zero-order valence-corrected chi connectivity index (χ0v) is 14.0. The van der Waals surface area contributed by atoms with Crippen molar-refractivity contribution in [2.75, 3.05) is 11.9 Å². The highest BCUT2D eigenvalue weighted by molar-refractivity contribution is 7.99. The maximum absolute atomic E-state index is 12.2. The number of nitrogens with one attached hydrogen (secondary N) is 3. The van der Waals surface area contributed by atoms with Gasteiger partial charge in [0, 0.05) is 17.1 Å². The Morgan fingerprint density at radius 3 is 2.50 bits per heavy atom. The maximum Gasteiger partial charge on any atom is 0.288 e. The molecule has 1 rings (SSSR count). The third-order valence-corrected chi connectivity index (χ3v) is 3.57. The Hall–Kier alpha value is -1.41. The highest BCUT2D eigenvalue weighted by Crippen LogP contribution is 2.26. The van der Waals surface area contributed by atoms with Gasteiger partial charge >= 0.3 is 0 Å². The summed E-state index contributed by atoms with van der Waals surface area (Å²) < 4.78 is 24.4. The molecule has 1 aromatic rings. The number of benzene rings is 1. The summed E-state index contributed by atoms with van der Waals surface area (Å²) in [5.41, 5.74) is 0.664. The van der Waals surface area contributed by atoms with Gasteiger partial charge in [-0.1, -0.05) is 18.7 Å². The summed E-state index contributed by atoms with van der Waals surface area (Å²) in [6.45, 7) is 4.30. The molecule has 3 N–H and O–H groups in total. The molecule has 0 unspecified atom stereocenters. The quantitative estimate of drug-likeness (QED) is 0.522. The smallest absolute Gasteiger partial charge is 0.288 e. The van der Waals surface area contributed by atoms with Crippen molar-refractivity contribution in [3.63, 3.8) is 0 Å². The van der Waals surface area contributed by atoms with Crippen LogP contribution in [0.2, 0.25) is 0 Å². The van der Waals surface area contributed by atoms with Crippen LogP contribution in [0.1, 0.15) is 20.3 Å². The van der Waals surface area contributed by atoms with E-state index in [2.05, 4.69) is 16.0 Å². The Morgan fingerprint density at radius 2 is 1.95 bits per heavy atom. The highest BCUT2D eigenvalue weighted by atomic mass is 32.2. The van der Waals surface area contributed by atoms with Crippen LogP contribution in [0, 0.1) is 0 Å². The van der Waals surface area contributed by atoms with Gasteiger partial charge in [-0.15, -0.1) is 0 Å². The number of thioether (sulfide) groups is 1. The first-order chi connectivity index (χ1) is 10.4. The van der Waals surface area contributed by atoms with Gasteiger partial charge in [-0.3, -0.25) is 4.79 Å². The molecule has 0 heterocycles. The summed E-state index contributed by atoms with van der Waals surface area (Å²) in [5.74, 6) is -2.57. The van der Waals surface area contributed by atoms with Crippen molar-refractivity contribution in [2.45, 2.75) is 37.0 Å².